The minimum Gasteiger partial charge on any atom is -0.403 e. The maximum absolute atomic E-state index is 15.6. The molecule has 0 saturated carbocycles. The van der Waals surface area contributed by atoms with E-state index in [9.17, 15) is 19.2 Å². The Labute approximate surface area is 359 Å². The lowest BCUT2D eigenvalue weighted by molar-refractivity contribution is -0.165. The van der Waals surface area contributed by atoms with Gasteiger partial charge in [-0.1, -0.05) is 52.3 Å². The van der Waals surface area contributed by atoms with E-state index in [0.29, 0.717) is 68.9 Å². The van der Waals surface area contributed by atoms with Gasteiger partial charge in [-0.3, -0.25) is 43.8 Å². The summed E-state index contributed by atoms with van der Waals surface area (Å²) in [5.41, 5.74) is 9.74. The lowest BCUT2D eigenvalue weighted by atomic mass is 9.90. The van der Waals surface area contributed by atoms with Gasteiger partial charge in [-0.05, 0) is 81.6 Å². The average molecular weight is 872 g/mol. The van der Waals surface area contributed by atoms with Crippen LogP contribution < -0.4 is 26.9 Å². The van der Waals surface area contributed by atoms with E-state index >= 15 is 9.59 Å². The van der Waals surface area contributed by atoms with Crippen LogP contribution in [0.3, 0.4) is 0 Å². The molecular formula is C41H63ClN10O7Si. The van der Waals surface area contributed by atoms with Crippen LogP contribution in [0.4, 0.5) is 5.69 Å². The van der Waals surface area contributed by atoms with Gasteiger partial charge in [-0.25, -0.2) is 16.3 Å². The summed E-state index contributed by atoms with van der Waals surface area (Å²) in [4.78, 5) is 91.9. The van der Waals surface area contributed by atoms with E-state index in [1.165, 1.54) is 27.0 Å². The van der Waals surface area contributed by atoms with Crippen molar-refractivity contribution < 1.29 is 33.2 Å². The number of rotatable bonds is 6. The summed E-state index contributed by atoms with van der Waals surface area (Å²) in [7, 11) is -0.944. The SMILES string of the molecule is CC[Si](CC)(CC)O[C@@]12C[C@H]3C(=O)N[C@H](C(C)C)C(=O)N4NCCC[C@H]4C(=O)N4NCCC[C@@H]4C(=O)N(C)[C@@H](C)C(=O)N4NCCC[C@H]4C(=O)N3[C@@H]1Nc1cc(Cl)ccc12. The topological polar surface area (TPSA) is 188 Å². The third-order valence-electron chi connectivity index (χ3n) is 14.0. The fourth-order valence-electron chi connectivity index (χ4n) is 10.1. The van der Waals surface area contributed by atoms with Crippen LogP contribution in [-0.2, 0) is 38.8 Å². The number of anilines is 1. The maximum atomic E-state index is 15.6. The molecule has 17 nitrogen and oxygen atoms in total. The highest BCUT2D eigenvalue weighted by Crippen LogP contribution is 2.55. The molecule has 6 aliphatic heterocycles. The van der Waals surface area contributed by atoms with E-state index in [0.717, 1.165) is 23.7 Å². The van der Waals surface area contributed by atoms with E-state index in [1.807, 2.05) is 19.9 Å². The van der Waals surface area contributed by atoms with Crippen molar-refractivity contribution in [2.75, 3.05) is 32.0 Å². The highest BCUT2D eigenvalue weighted by Gasteiger charge is 2.65. The summed E-state index contributed by atoms with van der Waals surface area (Å²) < 4.78 is 7.52. The molecule has 1 aromatic carbocycles. The van der Waals surface area contributed by atoms with Crippen molar-refractivity contribution in [1.29, 1.82) is 0 Å². The lowest BCUT2D eigenvalue weighted by Crippen LogP contribution is -2.69. The molecule has 8 atom stereocenters. The Kier molecular flexibility index (Phi) is 12.9. The van der Waals surface area contributed by atoms with Crippen molar-refractivity contribution in [2.24, 2.45) is 5.92 Å². The van der Waals surface area contributed by atoms with Crippen LogP contribution in [0.1, 0.15) is 92.1 Å². The van der Waals surface area contributed by atoms with Crippen LogP contribution in [0.5, 0.6) is 0 Å². The number of hydrogen-bond acceptors (Lipinski definition) is 11. The molecule has 1 aromatic rings. The Hall–Kier alpha value is -3.81. The summed E-state index contributed by atoms with van der Waals surface area (Å²) in [6, 6.07) is 1.72. The molecule has 7 rings (SSSR count). The lowest BCUT2D eigenvalue weighted by Gasteiger charge is -2.45. The van der Waals surface area contributed by atoms with Gasteiger partial charge in [-0.2, -0.15) is 0 Å². The van der Waals surface area contributed by atoms with Gasteiger partial charge in [-0.15, -0.1) is 0 Å². The molecule has 6 heterocycles. The maximum Gasteiger partial charge on any atom is 0.261 e. The molecule has 6 aliphatic rings. The smallest absolute Gasteiger partial charge is 0.261 e. The molecule has 6 amide bonds. The van der Waals surface area contributed by atoms with Crippen molar-refractivity contribution in [3.63, 3.8) is 0 Å². The Morgan fingerprint density at radius 2 is 1.28 bits per heavy atom. The molecule has 5 saturated heterocycles. The highest BCUT2D eigenvalue weighted by molar-refractivity contribution is 6.73. The van der Waals surface area contributed by atoms with Crippen molar-refractivity contribution in [3.8, 4) is 0 Å². The zero-order valence-corrected chi connectivity index (χ0v) is 37.8. The molecule has 0 aliphatic carbocycles. The second-order valence-corrected chi connectivity index (χ2v) is 22.7. The van der Waals surface area contributed by atoms with Gasteiger partial charge in [0.1, 0.15) is 48.0 Å². The molecule has 5 N–H and O–H groups in total. The number of nitrogens with one attached hydrogen (secondary N) is 5. The quantitative estimate of drug-likeness (QED) is 0.265. The molecule has 0 unspecified atom stereocenters. The minimum atomic E-state index is -2.48. The normalized spacial score (nSPS) is 32.1. The molecule has 19 heteroatoms. The second-order valence-electron chi connectivity index (χ2n) is 17.6. The number of carbonyl (C=O) groups is 6. The fraction of sp³-hybridized carbons (Fsp3) is 0.707. The Balaban J connectivity index is 1.37. The summed E-state index contributed by atoms with van der Waals surface area (Å²) in [5.74, 6) is -3.30. The predicted octanol–water partition coefficient (Wildman–Crippen LogP) is 2.40. The van der Waals surface area contributed by atoms with Gasteiger partial charge in [0.25, 0.3) is 17.7 Å². The standard InChI is InChI=1S/C41H63ClN10O7Si/c1-8-60(9-2,10-3)59-41-23-32-34(53)47-33(24(4)5)39(58)52-31(16-13-21-45-52)38(57)51-29(14-11-20-44-51)36(55)48(7)25(6)35(54)50-30(15-12-19-43-50)37(56)49(32)40(41)46-28-22-26(42)17-18-27(28)41/h17-18,22,24-25,29-33,40,43-46H,8-16,19-21,23H2,1-7H3,(H,47,53)/t25-,29+,30-,31-,32-,33+,40-,41+/m0/s1. The molecule has 0 aromatic heterocycles. The first-order valence-corrected chi connectivity index (χ1v) is 24.9. The van der Waals surface area contributed by atoms with E-state index in [1.54, 1.807) is 24.0 Å². The van der Waals surface area contributed by atoms with Crippen LogP contribution >= 0.6 is 11.6 Å². The molecule has 330 valence electrons. The minimum absolute atomic E-state index is 0.0808. The number of hydrogen-bond donors (Lipinski definition) is 5. The van der Waals surface area contributed by atoms with Gasteiger partial charge in [0.2, 0.25) is 17.7 Å². The van der Waals surface area contributed by atoms with E-state index in [4.69, 9.17) is 16.0 Å². The van der Waals surface area contributed by atoms with Crippen molar-refractivity contribution in [2.45, 2.75) is 153 Å². The Morgan fingerprint density at radius 3 is 1.85 bits per heavy atom. The summed E-state index contributed by atoms with van der Waals surface area (Å²) in [6.07, 6.45) is 1.99. The van der Waals surface area contributed by atoms with Crippen molar-refractivity contribution >= 4 is 61.0 Å². The highest BCUT2D eigenvalue weighted by atomic mass is 35.5. The molecule has 0 bridgehead atoms. The summed E-state index contributed by atoms with van der Waals surface area (Å²) in [5, 5.41) is 11.1. The number of likely N-dealkylation sites (N-methyl/N-ethyl adjacent to an activating group) is 1. The molecule has 60 heavy (non-hydrogen) atoms. The van der Waals surface area contributed by atoms with Gasteiger partial charge in [0.05, 0.1) is 0 Å². The van der Waals surface area contributed by atoms with E-state index in [-0.39, 0.29) is 6.42 Å². The first-order chi connectivity index (χ1) is 28.6. The van der Waals surface area contributed by atoms with Gasteiger partial charge in [0, 0.05) is 49.4 Å². The number of hydrazine groups is 3. The van der Waals surface area contributed by atoms with E-state index < -0.39 is 97.7 Å². The third-order valence-corrected chi connectivity index (χ3v) is 18.9. The molecule has 0 spiro atoms. The van der Waals surface area contributed by atoms with Crippen LogP contribution in [0.15, 0.2) is 18.2 Å². The number of amides is 6. The fourth-order valence-corrected chi connectivity index (χ4v) is 13.3. The number of carbonyl (C=O) groups excluding carboxylic acids is 6. The number of nitrogens with zero attached hydrogens (tertiary/aromatic N) is 5. The first kappa shape index (κ1) is 44.2. The predicted molar refractivity (Wildman–Crippen MR) is 227 cm³/mol. The van der Waals surface area contributed by atoms with Crippen LogP contribution in [0.2, 0.25) is 23.2 Å². The molecule has 5 fully saturated rings. The zero-order chi connectivity index (χ0) is 43.3. The first-order valence-electron chi connectivity index (χ1n) is 22.0. The van der Waals surface area contributed by atoms with Crippen LogP contribution in [-0.4, -0.2) is 138 Å². The zero-order valence-electron chi connectivity index (χ0n) is 36.0. The second kappa shape index (κ2) is 17.5. The number of fused-ring (bicyclic) bond motifs is 8. The van der Waals surface area contributed by atoms with Crippen LogP contribution in [0.25, 0.3) is 0 Å². The van der Waals surface area contributed by atoms with E-state index in [2.05, 4.69) is 47.7 Å². The molecular weight excluding hydrogens is 808 g/mol. The number of benzene rings is 1. The summed E-state index contributed by atoms with van der Waals surface area (Å²) >= 11 is 6.56. The summed E-state index contributed by atoms with van der Waals surface area (Å²) in [6.45, 7) is 12.9. The molecule has 0 radical (unpaired) electrons. The van der Waals surface area contributed by atoms with Crippen molar-refractivity contribution in [1.82, 2.24) is 46.4 Å². The van der Waals surface area contributed by atoms with Gasteiger partial charge < -0.3 is 24.9 Å². The monoisotopic (exact) mass is 870 g/mol. The van der Waals surface area contributed by atoms with Crippen LogP contribution in [0, 0.1) is 5.92 Å². The average Bonchev–Trinajstić information content (AvgIpc) is 3.74. The van der Waals surface area contributed by atoms with Crippen molar-refractivity contribution in [3.05, 3.63) is 28.8 Å². The van der Waals surface area contributed by atoms with Gasteiger partial charge in [0.15, 0.2) is 8.32 Å². The Morgan fingerprint density at radius 1 is 0.750 bits per heavy atom. The third kappa shape index (κ3) is 7.58. The Bertz CT molecular complexity index is 1860. The number of halogens is 1. The van der Waals surface area contributed by atoms with Gasteiger partial charge >= 0.3 is 0 Å². The largest absolute Gasteiger partial charge is 0.403 e.